The SMILES string of the molecule is COC(=O)/C(C#N)=C/c1cccc(C(=O)O)c1C(=O)O. The number of benzene rings is 1. The molecule has 20 heavy (non-hydrogen) atoms. The summed E-state index contributed by atoms with van der Waals surface area (Å²) >= 11 is 0. The standard InChI is InChI=1S/C13H9NO6/c1-20-13(19)8(6-14)5-7-3-2-4-9(11(15)16)10(7)12(17)18/h2-5H,1H3,(H,15,16)(H,17,18)/b8-5+. The third-order valence-electron chi connectivity index (χ3n) is 2.37. The van der Waals surface area contributed by atoms with Crippen molar-refractivity contribution in [2.75, 3.05) is 7.11 Å². The van der Waals surface area contributed by atoms with Crippen molar-refractivity contribution in [1.82, 2.24) is 0 Å². The van der Waals surface area contributed by atoms with Crippen LogP contribution in [0.1, 0.15) is 26.3 Å². The van der Waals surface area contributed by atoms with Crippen LogP contribution in [0.25, 0.3) is 6.08 Å². The van der Waals surface area contributed by atoms with E-state index < -0.39 is 34.6 Å². The highest BCUT2D eigenvalue weighted by molar-refractivity contribution is 6.06. The van der Waals surface area contributed by atoms with Crippen LogP contribution in [0.15, 0.2) is 23.8 Å². The molecule has 7 nitrogen and oxygen atoms in total. The van der Waals surface area contributed by atoms with Crippen LogP contribution in [0.5, 0.6) is 0 Å². The summed E-state index contributed by atoms with van der Waals surface area (Å²) in [6, 6.07) is 5.28. The summed E-state index contributed by atoms with van der Waals surface area (Å²) in [6.45, 7) is 0. The number of nitrogens with zero attached hydrogens (tertiary/aromatic N) is 1. The number of rotatable bonds is 4. The van der Waals surface area contributed by atoms with E-state index in [9.17, 15) is 14.4 Å². The number of carbonyl (C=O) groups is 3. The first-order chi connectivity index (χ1) is 9.42. The van der Waals surface area contributed by atoms with Crippen LogP contribution in [-0.4, -0.2) is 35.2 Å². The van der Waals surface area contributed by atoms with Gasteiger partial charge in [-0.1, -0.05) is 12.1 Å². The summed E-state index contributed by atoms with van der Waals surface area (Å²) < 4.78 is 4.36. The van der Waals surface area contributed by atoms with Gasteiger partial charge in [0.05, 0.1) is 18.2 Å². The van der Waals surface area contributed by atoms with E-state index in [1.165, 1.54) is 12.1 Å². The van der Waals surface area contributed by atoms with Gasteiger partial charge in [0.25, 0.3) is 0 Å². The number of carboxylic acid groups (broad SMARTS) is 2. The third kappa shape index (κ3) is 3.00. The number of methoxy groups -OCH3 is 1. The largest absolute Gasteiger partial charge is 0.478 e. The van der Waals surface area contributed by atoms with Gasteiger partial charge in [-0.05, 0) is 17.7 Å². The van der Waals surface area contributed by atoms with Crippen LogP contribution in [0.3, 0.4) is 0 Å². The van der Waals surface area contributed by atoms with Gasteiger partial charge in [-0.15, -0.1) is 0 Å². The van der Waals surface area contributed by atoms with Gasteiger partial charge < -0.3 is 14.9 Å². The van der Waals surface area contributed by atoms with Crippen molar-refractivity contribution < 1.29 is 29.3 Å². The Labute approximate surface area is 113 Å². The Balaban J connectivity index is 3.54. The second-order valence-corrected chi connectivity index (χ2v) is 3.54. The zero-order valence-corrected chi connectivity index (χ0v) is 10.3. The van der Waals surface area contributed by atoms with E-state index in [1.54, 1.807) is 6.07 Å². The van der Waals surface area contributed by atoms with Crippen LogP contribution in [0.2, 0.25) is 0 Å². The van der Waals surface area contributed by atoms with Crippen molar-refractivity contribution in [3.05, 3.63) is 40.5 Å². The van der Waals surface area contributed by atoms with Crippen LogP contribution >= 0.6 is 0 Å². The molecule has 0 spiro atoms. The monoisotopic (exact) mass is 275 g/mol. The van der Waals surface area contributed by atoms with Crippen LogP contribution < -0.4 is 0 Å². The fourth-order valence-corrected chi connectivity index (χ4v) is 1.51. The normalized spacial score (nSPS) is 10.5. The van der Waals surface area contributed by atoms with E-state index in [2.05, 4.69) is 4.74 Å². The van der Waals surface area contributed by atoms with Gasteiger partial charge in [0, 0.05) is 0 Å². The zero-order chi connectivity index (χ0) is 15.3. The Morgan fingerprint density at radius 3 is 2.35 bits per heavy atom. The molecule has 102 valence electrons. The predicted octanol–water partition coefficient (Wildman–Crippen LogP) is 1.16. The number of aromatic carboxylic acids is 2. The van der Waals surface area contributed by atoms with E-state index in [1.807, 2.05) is 0 Å². The highest BCUT2D eigenvalue weighted by Crippen LogP contribution is 2.18. The van der Waals surface area contributed by atoms with E-state index in [0.717, 1.165) is 19.3 Å². The molecular weight excluding hydrogens is 266 g/mol. The molecule has 0 unspecified atom stereocenters. The fraction of sp³-hybridized carbons (Fsp3) is 0.0769. The summed E-state index contributed by atoms with van der Waals surface area (Å²) in [6.07, 6.45) is 0.974. The lowest BCUT2D eigenvalue weighted by molar-refractivity contribution is -0.135. The Morgan fingerprint density at radius 1 is 1.25 bits per heavy atom. The van der Waals surface area contributed by atoms with Crippen LogP contribution in [0, 0.1) is 11.3 Å². The molecule has 1 aromatic carbocycles. The minimum atomic E-state index is -1.48. The first-order valence-corrected chi connectivity index (χ1v) is 5.22. The molecule has 0 atom stereocenters. The molecule has 0 aromatic heterocycles. The van der Waals surface area contributed by atoms with Crippen molar-refractivity contribution in [1.29, 1.82) is 5.26 Å². The summed E-state index contributed by atoms with van der Waals surface area (Å²) in [4.78, 5) is 33.4. The minimum Gasteiger partial charge on any atom is -0.478 e. The van der Waals surface area contributed by atoms with Gasteiger partial charge in [-0.3, -0.25) is 0 Å². The molecule has 1 aromatic rings. The summed E-state index contributed by atoms with van der Waals surface area (Å²) in [7, 11) is 1.07. The minimum absolute atomic E-state index is 0.0700. The van der Waals surface area contributed by atoms with Gasteiger partial charge in [0.1, 0.15) is 11.6 Å². The topological polar surface area (TPSA) is 125 Å². The van der Waals surface area contributed by atoms with Gasteiger partial charge >= 0.3 is 17.9 Å². The predicted molar refractivity (Wildman–Crippen MR) is 66.0 cm³/mol. The number of ether oxygens (including phenoxy) is 1. The molecule has 0 fully saturated rings. The van der Waals surface area contributed by atoms with E-state index in [-0.39, 0.29) is 5.56 Å². The smallest absolute Gasteiger partial charge is 0.348 e. The van der Waals surface area contributed by atoms with Crippen molar-refractivity contribution >= 4 is 24.0 Å². The molecule has 0 radical (unpaired) electrons. The number of carbonyl (C=O) groups excluding carboxylic acids is 1. The summed E-state index contributed by atoms with van der Waals surface area (Å²) in [5, 5.41) is 26.8. The molecule has 0 aliphatic carbocycles. The number of hydrogen-bond donors (Lipinski definition) is 2. The average molecular weight is 275 g/mol. The maximum Gasteiger partial charge on any atom is 0.348 e. The first kappa shape index (κ1) is 14.9. The van der Waals surface area contributed by atoms with Crippen LogP contribution in [-0.2, 0) is 9.53 Å². The van der Waals surface area contributed by atoms with Gasteiger partial charge in [0.15, 0.2) is 0 Å². The zero-order valence-electron chi connectivity index (χ0n) is 10.3. The Bertz CT molecular complexity index is 653. The lowest BCUT2D eigenvalue weighted by Crippen LogP contribution is -2.10. The average Bonchev–Trinajstić information content (AvgIpc) is 2.43. The summed E-state index contributed by atoms with van der Waals surface area (Å²) in [5.41, 5.74) is -1.44. The molecule has 7 heteroatoms. The van der Waals surface area contributed by atoms with Crippen molar-refractivity contribution in [3.8, 4) is 6.07 Å². The second-order valence-electron chi connectivity index (χ2n) is 3.54. The molecule has 0 bridgehead atoms. The Morgan fingerprint density at radius 2 is 1.90 bits per heavy atom. The van der Waals surface area contributed by atoms with E-state index >= 15 is 0 Å². The number of esters is 1. The lowest BCUT2D eigenvalue weighted by Gasteiger charge is -2.06. The van der Waals surface area contributed by atoms with E-state index in [0.29, 0.717) is 0 Å². The lowest BCUT2D eigenvalue weighted by atomic mass is 9.99. The van der Waals surface area contributed by atoms with Crippen molar-refractivity contribution in [2.45, 2.75) is 0 Å². The van der Waals surface area contributed by atoms with Gasteiger partial charge in [0.2, 0.25) is 0 Å². The second kappa shape index (κ2) is 6.15. The molecule has 1 rings (SSSR count). The molecule has 0 saturated heterocycles. The molecule has 0 saturated carbocycles. The molecule has 0 aliphatic rings. The number of carboxylic acids is 2. The molecule has 0 aliphatic heterocycles. The highest BCUT2D eigenvalue weighted by Gasteiger charge is 2.20. The van der Waals surface area contributed by atoms with Crippen molar-refractivity contribution in [3.63, 3.8) is 0 Å². The molecule has 2 N–H and O–H groups in total. The third-order valence-corrected chi connectivity index (χ3v) is 2.37. The molecule has 0 heterocycles. The molecular formula is C13H9NO6. The maximum absolute atomic E-state index is 11.3. The van der Waals surface area contributed by atoms with Gasteiger partial charge in [-0.2, -0.15) is 5.26 Å². The van der Waals surface area contributed by atoms with Gasteiger partial charge in [-0.25, -0.2) is 14.4 Å². The van der Waals surface area contributed by atoms with E-state index in [4.69, 9.17) is 15.5 Å². The molecule has 0 amide bonds. The summed E-state index contributed by atoms with van der Waals surface area (Å²) in [5.74, 6) is -3.84. The van der Waals surface area contributed by atoms with Crippen molar-refractivity contribution in [2.24, 2.45) is 0 Å². The fourth-order valence-electron chi connectivity index (χ4n) is 1.51. The van der Waals surface area contributed by atoms with Crippen LogP contribution in [0.4, 0.5) is 0 Å². The quantitative estimate of drug-likeness (QED) is 0.479. The first-order valence-electron chi connectivity index (χ1n) is 5.22. The Hall–Kier alpha value is -3.14. The highest BCUT2D eigenvalue weighted by atomic mass is 16.5. The Kier molecular flexibility index (Phi) is 4.59. The number of nitriles is 1. The maximum atomic E-state index is 11.3. The number of hydrogen-bond acceptors (Lipinski definition) is 5.